The van der Waals surface area contributed by atoms with Crippen molar-refractivity contribution in [3.63, 3.8) is 0 Å². The fourth-order valence-corrected chi connectivity index (χ4v) is 3.84. The molecule has 24 heavy (non-hydrogen) atoms. The lowest BCUT2D eigenvalue weighted by atomic mass is 9.80. The van der Waals surface area contributed by atoms with E-state index in [1.807, 2.05) is 0 Å². The van der Waals surface area contributed by atoms with E-state index in [1.165, 1.54) is 12.8 Å². The zero-order valence-corrected chi connectivity index (χ0v) is 15.2. The first-order valence-electron chi connectivity index (χ1n) is 9.16. The van der Waals surface area contributed by atoms with E-state index in [0.29, 0.717) is 5.92 Å². The lowest BCUT2D eigenvalue weighted by molar-refractivity contribution is 0.0685. The molecular weight excluding hydrogens is 302 g/mol. The summed E-state index contributed by atoms with van der Waals surface area (Å²) in [6, 6.07) is 2.06. The predicted molar refractivity (Wildman–Crippen MR) is 96.3 cm³/mol. The Morgan fingerprint density at radius 3 is 2.58 bits per heavy atom. The molecule has 6 heteroatoms. The number of rotatable bonds is 6. The zero-order chi connectivity index (χ0) is 17.2. The van der Waals surface area contributed by atoms with Gasteiger partial charge in [-0.15, -0.1) is 0 Å². The molecule has 1 saturated carbocycles. The topological polar surface area (TPSA) is 64.5 Å². The first kappa shape index (κ1) is 17.6. The maximum atomic E-state index is 9.49. The normalized spacial score (nSPS) is 27.0. The van der Waals surface area contributed by atoms with Crippen LogP contribution in [0.25, 0.3) is 0 Å². The summed E-state index contributed by atoms with van der Waals surface area (Å²) in [6.45, 7) is 6.60. The van der Waals surface area contributed by atoms with Crippen molar-refractivity contribution in [3.05, 3.63) is 18.1 Å². The van der Waals surface area contributed by atoms with Crippen LogP contribution in [0.5, 0.6) is 0 Å². The molecule has 2 aliphatic rings. The van der Waals surface area contributed by atoms with Crippen LogP contribution in [0.15, 0.2) is 12.4 Å². The highest BCUT2D eigenvalue weighted by molar-refractivity contribution is 5.37. The smallest absolute Gasteiger partial charge is 0.129 e. The van der Waals surface area contributed by atoms with Crippen LogP contribution in [0.3, 0.4) is 0 Å². The van der Waals surface area contributed by atoms with Gasteiger partial charge in [0.15, 0.2) is 0 Å². The molecule has 1 aromatic rings. The minimum Gasteiger partial charge on any atom is -0.393 e. The number of aliphatic hydroxyl groups excluding tert-OH is 1. The number of nitrogens with zero attached hydrogens (tertiary/aromatic N) is 4. The third kappa shape index (κ3) is 3.71. The minimum absolute atomic E-state index is 0.151. The fourth-order valence-electron chi connectivity index (χ4n) is 3.84. The second-order valence-electron chi connectivity index (χ2n) is 7.56. The molecule has 2 N–H and O–H groups in total. The molecule has 134 valence electrons. The van der Waals surface area contributed by atoms with Crippen LogP contribution in [-0.2, 0) is 0 Å². The highest BCUT2D eigenvalue weighted by atomic mass is 16.3. The monoisotopic (exact) mass is 333 g/mol. The number of likely N-dealkylation sites (tertiary alicyclic amines) is 1. The van der Waals surface area contributed by atoms with Crippen molar-refractivity contribution >= 4 is 5.82 Å². The molecule has 1 saturated heterocycles. The van der Waals surface area contributed by atoms with E-state index >= 15 is 0 Å². The lowest BCUT2D eigenvalue weighted by Gasteiger charge is -2.46. The first-order valence-corrected chi connectivity index (χ1v) is 9.16. The van der Waals surface area contributed by atoms with Crippen molar-refractivity contribution in [2.24, 2.45) is 0 Å². The Labute approximate surface area is 145 Å². The number of likely N-dealkylation sites (N-methyl/N-ethyl adjacent to an activating group) is 1. The van der Waals surface area contributed by atoms with Crippen LogP contribution >= 0.6 is 0 Å². The quantitative estimate of drug-likeness (QED) is 0.823. The number of piperidine rings is 1. The summed E-state index contributed by atoms with van der Waals surface area (Å²) in [5.74, 6) is 1.29. The Morgan fingerprint density at radius 1 is 1.29 bits per heavy atom. The maximum Gasteiger partial charge on any atom is 0.129 e. The van der Waals surface area contributed by atoms with Crippen molar-refractivity contribution in [1.82, 2.24) is 19.8 Å². The van der Waals surface area contributed by atoms with Gasteiger partial charge in [-0.25, -0.2) is 9.97 Å². The van der Waals surface area contributed by atoms with Crippen molar-refractivity contribution in [2.45, 2.75) is 50.2 Å². The zero-order valence-electron chi connectivity index (χ0n) is 15.2. The molecule has 2 heterocycles. The SMILES string of the molecule is CCN1CCC(CNc2cc(C3CC(O)C3)ncn2)(N(C)C)CC1. The molecule has 3 rings (SSSR count). The Kier molecular flexibility index (Phi) is 5.37. The van der Waals surface area contributed by atoms with Crippen molar-refractivity contribution in [1.29, 1.82) is 0 Å². The van der Waals surface area contributed by atoms with Gasteiger partial charge in [0, 0.05) is 29.8 Å². The number of hydrogen-bond donors (Lipinski definition) is 2. The molecule has 0 spiro atoms. The van der Waals surface area contributed by atoms with E-state index in [4.69, 9.17) is 0 Å². The Morgan fingerprint density at radius 2 is 2.00 bits per heavy atom. The average molecular weight is 333 g/mol. The number of aromatic nitrogens is 2. The molecule has 6 nitrogen and oxygen atoms in total. The largest absolute Gasteiger partial charge is 0.393 e. The summed E-state index contributed by atoms with van der Waals surface area (Å²) in [4.78, 5) is 13.7. The third-order valence-corrected chi connectivity index (χ3v) is 6.00. The maximum absolute atomic E-state index is 9.49. The van der Waals surface area contributed by atoms with E-state index in [9.17, 15) is 5.11 Å². The summed E-state index contributed by atoms with van der Waals surface area (Å²) >= 11 is 0. The molecule has 0 aromatic carbocycles. The molecular formula is C18H31N5O. The molecule has 0 atom stereocenters. The summed E-state index contributed by atoms with van der Waals surface area (Å²) < 4.78 is 0. The number of anilines is 1. The van der Waals surface area contributed by atoms with Crippen LogP contribution < -0.4 is 5.32 Å². The predicted octanol–water partition coefficient (Wildman–Crippen LogP) is 1.54. The Bertz CT molecular complexity index is 536. The molecule has 1 aromatic heterocycles. The summed E-state index contributed by atoms with van der Waals surface area (Å²) in [5, 5.41) is 13.0. The van der Waals surface area contributed by atoms with Crippen molar-refractivity contribution < 1.29 is 5.11 Å². The van der Waals surface area contributed by atoms with Gasteiger partial charge in [-0.2, -0.15) is 0 Å². The van der Waals surface area contributed by atoms with Gasteiger partial charge in [0.1, 0.15) is 12.1 Å². The second-order valence-corrected chi connectivity index (χ2v) is 7.56. The van der Waals surface area contributed by atoms with E-state index in [0.717, 1.165) is 50.5 Å². The van der Waals surface area contributed by atoms with Crippen LogP contribution in [0.1, 0.15) is 44.2 Å². The summed E-state index contributed by atoms with van der Waals surface area (Å²) in [5.41, 5.74) is 1.24. The molecule has 0 unspecified atom stereocenters. The standard InChI is InChI=1S/C18H31N5O/c1-4-23-7-5-18(6-8-23,22(2)3)12-19-17-11-16(20-13-21-17)14-9-15(24)10-14/h11,13-15,24H,4-10,12H2,1-3H3,(H,19,20,21). The van der Waals surface area contributed by atoms with E-state index in [1.54, 1.807) is 6.33 Å². The van der Waals surface area contributed by atoms with Crippen LogP contribution in [0, 0.1) is 0 Å². The van der Waals surface area contributed by atoms with Crippen molar-refractivity contribution in [3.8, 4) is 0 Å². The molecule has 2 fully saturated rings. The number of hydrogen-bond acceptors (Lipinski definition) is 6. The molecule has 1 aliphatic heterocycles. The van der Waals surface area contributed by atoms with Gasteiger partial charge >= 0.3 is 0 Å². The van der Waals surface area contributed by atoms with Gasteiger partial charge in [-0.05, 0) is 59.4 Å². The number of aliphatic hydroxyl groups is 1. The van der Waals surface area contributed by atoms with E-state index in [2.05, 4.69) is 52.2 Å². The van der Waals surface area contributed by atoms with Gasteiger partial charge in [0.2, 0.25) is 0 Å². The van der Waals surface area contributed by atoms with Crippen LogP contribution in [-0.4, -0.2) is 76.8 Å². The molecule has 0 radical (unpaired) electrons. The average Bonchev–Trinajstić information content (AvgIpc) is 2.57. The van der Waals surface area contributed by atoms with Crippen LogP contribution in [0.2, 0.25) is 0 Å². The fraction of sp³-hybridized carbons (Fsp3) is 0.778. The van der Waals surface area contributed by atoms with Gasteiger partial charge in [0.05, 0.1) is 6.10 Å². The van der Waals surface area contributed by atoms with Gasteiger partial charge < -0.3 is 20.2 Å². The lowest BCUT2D eigenvalue weighted by Crippen LogP contribution is -2.56. The van der Waals surface area contributed by atoms with Gasteiger partial charge in [0.25, 0.3) is 0 Å². The summed E-state index contributed by atoms with van der Waals surface area (Å²) in [7, 11) is 4.37. The van der Waals surface area contributed by atoms with E-state index < -0.39 is 0 Å². The van der Waals surface area contributed by atoms with Gasteiger partial charge in [-0.3, -0.25) is 0 Å². The molecule has 1 aliphatic carbocycles. The van der Waals surface area contributed by atoms with E-state index in [-0.39, 0.29) is 11.6 Å². The van der Waals surface area contributed by atoms with Crippen molar-refractivity contribution in [2.75, 3.05) is 45.6 Å². The van der Waals surface area contributed by atoms with Crippen LogP contribution in [0.4, 0.5) is 5.82 Å². The minimum atomic E-state index is -0.151. The Balaban J connectivity index is 1.62. The highest BCUT2D eigenvalue weighted by Crippen LogP contribution is 2.36. The number of nitrogens with one attached hydrogen (secondary N) is 1. The Hall–Kier alpha value is -1.24. The third-order valence-electron chi connectivity index (χ3n) is 6.00. The molecule has 0 bridgehead atoms. The summed E-state index contributed by atoms with van der Waals surface area (Å²) in [6.07, 6.45) is 5.49. The van der Waals surface area contributed by atoms with Gasteiger partial charge in [-0.1, -0.05) is 6.92 Å². The first-order chi connectivity index (χ1) is 11.5. The second kappa shape index (κ2) is 7.33. The highest BCUT2D eigenvalue weighted by Gasteiger charge is 2.36. The molecule has 0 amide bonds.